The van der Waals surface area contributed by atoms with E-state index in [4.69, 9.17) is 14.2 Å². The first kappa shape index (κ1) is 11.5. The standard InChI is InChI=1S/C12H11N3O4/c1-2-17-12(16)9-6-15(14-13-9)8-3-4-10-11(5-8)19-7-18-10/h3-6H,2,7H2,1H3. The van der Waals surface area contributed by atoms with Crippen molar-refractivity contribution in [3.63, 3.8) is 0 Å². The average Bonchev–Trinajstić information content (AvgIpc) is 3.07. The Morgan fingerprint density at radius 1 is 1.42 bits per heavy atom. The Hall–Kier alpha value is -2.57. The molecule has 0 aliphatic carbocycles. The summed E-state index contributed by atoms with van der Waals surface area (Å²) in [5, 5.41) is 7.66. The summed E-state index contributed by atoms with van der Waals surface area (Å²) in [6, 6.07) is 5.35. The summed E-state index contributed by atoms with van der Waals surface area (Å²) in [7, 11) is 0. The van der Waals surface area contributed by atoms with Gasteiger partial charge in [-0.3, -0.25) is 0 Å². The third-order valence-corrected chi connectivity index (χ3v) is 2.60. The molecule has 0 saturated heterocycles. The predicted octanol–water partition coefficient (Wildman–Crippen LogP) is 1.17. The highest BCUT2D eigenvalue weighted by molar-refractivity contribution is 5.86. The van der Waals surface area contributed by atoms with Gasteiger partial charge < -0.3 is 14.2 Å². The summed E-state index contributed by atoms with van der Waals surface area (Å²) in [6.07, 6.45) is 1.51. The van der Waals surface area contributed by atoms with E-state index >= 15 is 0 Å². The molecule has 0 bridgehead atoms. The lowest BCUT2D eigenvalue weighted by Gasteiger charge is -2.01. The molecule has 0 unspecified atom stereocenters. The topological polar surface area (TPSA) is 75.5 Å². The van der Waals surface area contributed by atoms with Gasteiger partial charge in [-0.05, 0) is 19.1 Å². The van der Waals surface area contributed by atoms with E-state index < -0.39 is 5.97 Å². The molecule has 2 heterocycles. The van der Waals surface area contributed by atoms with Crippen LogP contribution in [-0.2, 0) is 4.74 Å². The highest BCUT2D eigenvalue weighted by Crippen LogP contribution is 2.33. The number of esters is 1. The Labute approximate surface area is 108 Å². The summed E-state index contributed by atoms with van der Waals surface area (Å²) in [5.41, 5.74) is 0.895. The molecule has 7 heteroatoms. The number of hydrogen-bond acceptors (Lipinski definition) is 6. The van der Waals surface area contributed by atoms with E-state index in [2.05, 4.69) is 10.3 Å². The maximum atomic E-state index is 11.5. The molecule has 7 nitrogen and oxygen atoms in total. The fourth-order valence-corrected chi connectivity index (χ4v) is 1.72. The van der Waals surface area contributed by atoms with Gasteiger partial charge in [0.05, 0.1) is 18.5 Å². The third kappa shape index (κ3) is 2.10. The summed E-state index contributed by atoms with van der Waals surface area (Å²) in [4.78, 5) is 11.5. The van der Waals surface area contributed by atoms with Crippen LogP contribution in [0.4, 0.5) is 0 Å². The molecule has 19 heavy (non-hydrogen) atoms. The van der Waals surface area contributed by atoms with Crippen LogP contribution in [0.25, 0.3) is 5.69 Å². The number of carbonyl (C=O) groups excluding carboxylic acids is 1. The fourth-order valence-electron chi connectivity index (χ4n) is 1.72. The van der Waals surface area contributed by atoms with Gasteiger partial charge in [0.1, 0.15) is 0 Å². The van der Waals surface area contributed by atoms with Crippen molar-refractivity contribution in [2.24, 2.45) is 0 Å². The molecule has 2 aromatic rings. The molecule has 0 amide bonds. The molecule has 0 radical (unpaired) electrons. The SMILES string of the molecule is CCOC(=O)c1cn(-c2ccc3c(c2)OCO3)nn1. The first-order chi connectivity index (χ1) is 9.28. The molecule has 98 valence electrons. The predicted molar refractivity (Wildman–Crippen MR) is 63.4 cm³/mol. The summed E-state index contributed by atoms with van der Waals surface area (Å²) >= 11 is 0. The smallest absolute Gasteiger partial charge is 0.360 e. The molecule has 0 spiro atoms. The largest absolute Gasteiger partial charge is 0.461 e. The minimum Gasteiger partial charge on any atom is -0.461 e. The van der Waals surface area contributed by atoms with E-state index in [0.717, 1.165) is 5.69 Å². The van der Waals surface area contributed by atoms with Crippen LogP contribution in [-0.4, -0.2) is 34.4 Å². The van der Waals surface area contributed by atoms with Gasteiger partial charge in [0, 0.05) is 6.07 Å². The van der Waals surface area contributed by atoms with Crippen LogP contribution in [0.5, 0.6) is 11.5 Å². The van der Waals surface area contributed by atoms with Crippen LogP contribution in [0.3, 0.4) is 0 Å². The van der Waals surface area contributed by atoms with Crippen LogP contribution in [0, 0.1) is 0 Å². The van der Waals surface area contributed by atoms with E-state index in [1.54, 1.807) is 25.1 Å². The Balaban J connectivity index is 1.88. The van der Waals surface area contributed by atoms with Crippen LogP contribution in [0.2, 0.25) is 0 Å². The Morgan fingerprint density at radius 2 is 2.26 bits per heavy atom. The van der Waals surface area contributed by atoms with E-state index in [0.29, 0.717) is 18.1 Å². The number of fused-ring (bicyclic) bond motifs is 1. The van der Waals surface area contributed by atoms with E-state index in [9.17, 15) is 4.79 Å². The van der Waals surface area contributed by atoms with Gasteiger partial charge >= 0.3 is 5.97 Å². The summed E-state index contributed by atoms with van der Waals surface area (Å²) in [5.74, 6) is 0.842. The first-order valence-corrected chi connectivity index (χ1v) is 5.77. The van der Waals surface area contributed by atoms with Gasteiger partial charge in [-0.25, -0.2) is 9.48 Å². The average molecular weight is 261 g/mol. The third-order valence-electron chi connectivity index (χ3n) is 2.60. The minimum absolute atomic E-state index is 0.166. The lowest BCUT2D eigenvalue weighted by molar-refractivity contribution is 0.0519. The lowest BCUT2D eigenvalue weighted by Crippen LogP contribution is -2.04. The van der Waals surface area contributed by atoms with Gasteiger partial charge in [0.15, 0.2) is 17.2 Å². The van der Waals surface area contributed by atoms with Crippen molar-refractivity contribution in [3.05, 3.63) is 30.1 Å². The van der Waals surface area contributed by atoms with Crippen molar-refractivity contribution in [2.75, 3.05) is 13.4 Å². The monoisotopic (exact) mass is 261 g/mol. The molecule has 3 rings (SSSR count). The zero-order chi connectivity index (χ0) is 13.2. The van der Waals surface area contributed by atoms with Crippen molar-refractivity contribution < 1.29 is 19.0 Å². The van der Waals surface area contributed by atoms with Gasteiger partial charge in [0.25, 0.3) is 0 Å². The van der Waals surface area contributed by atoms with Crippen LogP contribution in [0.15, 0.2) is 24.4 Å². The van der Waals surface area contributed by atoms with Crippen LogP contribution in [0.1, 0.15) is 17.4 Å². The van der Waals surface area contributed by atoms with Gasteiger partial charge in [0.2, 0.25) is 6.79 Å². The maximum absolute atomic E-state index is 11.5. The Kier molecular flexibility index (Phi) is 2.79. The molecule has 0 fully saturated rings. The fraction of sp³-hybridized carbons (Fsp3) is 0.250. The van der Waals surface area contributed by atoms with Crippen molar-refractivity contribution in [2.45, 2.75) is 6.92 Å². The zero-order valence-corrected chi connectivity index (χ0v) is 10.2. The number of benzene rings is 1. The molecule has 0 N–H and O–H groups in total. The minimum atomic E-state index is -0.491. The molecule has 0 atom stereocenters. The molecular formula is C12H11N3O4. The Morgan fingerprint density at radius 3 is 3.11 bits per heavy atom. The Bertz CT molecular complexity index is 623. The second kappa shape index (κ2) is 4.60. The number of aromatic nitrogens is 3. The number of nitrogens with zero attached hydrogens (tertiary/aromatic N) is 3. The number of hydrogen-bond donors (Lipinski definition) is 0. The second-order valence-corrected chi connectivity index (χ2v) is 3.81. The molecular weight excluding hydrogens is 250 g/mol. The molecule has 1 aliphatic rings. The van der Waals surface area contributed by atoms with Crippen LogP contribution >= 0.6 is 0 Å². The quantitative estimate of drug-likeness (QED) is 0.772. The van der Waals surface area contributed by atoms with Crippen molar-refractivity contribution in [1.82, 2.24) is 15.0 Å². The highest BCUT2D eigenvalue weighted by atomic mass is 16.7. The lowest BCUT2D eigenvalue weighted by atomic mass is 10.3. The molecule has 1 aliphatic heterocycles. The first-order valence-electron chi connectivity index (χ1n) is 5.77. The summed E-state index contributed by atoms with van der Waals surface area (Å²) in [6.45, 7) is 2.25. The second-order valence-electron chi connectivity index (χ2n) is 3.81. The normalized spacial score (nSPS) is 12.5. The van der Waals surface area contributed by atoms with Crippen molar-refractivity contribution in [1.29, 1.82) is 0 Å². The van der Waals surface area contributed by atoms with E-state index in [1.807, 2.05) is 0 Å². The zero-order valence-electron chi connectivity index (χ0n) is 10.2. The van der Waals surface area contributed by atoms with Crippen molar-refractivity contribution in [3.8, 4) is 17.2 Å². The van der Waals surface area contributed by atoms with E-state index in [-0.39, 0.29) is 12.5 Å². The van der Waals surface area contributed by atoms with Gasteiger partial charge in [-0.2, -0.15) is 0 Å². The summed E-state index contributed by atoms with van der Waals surface area (Å²) < 4.78 is 16.8. The van der Waals surface area contributed by atoms with Gasteiger partial charge in [-0.1, -0.05) is 5.21 Å². The van der Waals surface area contributed by atoms with Crippen molar-refractivity contribution >= 4 is 5.97 Å². The number of ether oxygens (including phenoxy) is 3. The molecule has 1 aromatic heterocycles. The van der Waals surface area contributed by atoms with Gasteiger partial charge in [-0.15, -0.1) is 5.10 Å². The number of rotatable bonds is 3. The highest BCUT2D eigenvalue weighted by Gasteiger charge is 2.16. The maximum Gasteiger partial charge on any atom is 0.360 e. The van der Waals surface area contributed by atoms with E-state index in [1.165, 1.54) is 10.9 Å². The number of carbonyl (C=O) groups is 1. The molecule has 0 saturated carbocycles. The van der Waals surface area contributed by atoms with Crippen LogP contribution < -0.4 is 9.47 Å². The molecule has 1 aromatic carbocycles.